The number of phenols is 1. The lowest BCUT2D eigenvalue weighted by Crippen LogP contribution is -2.25. The zero-order valence-electron chi connectivity index (χ0n) is 16.8. The van der Waals surface area contributed by atoms with Crippen molar-refractivity contribution in [2.75, 3.05) is 19.8 Å². The van der Waals surface area contributed by atoms with Crippen LogP contribution in [0.4, 0.5) is 0 Å². The fourth-order valence-electron chi connectivity index (χ4n) is 3.91. The summed E-state index contributed by atoms with van der Waals surface area (Å²) in [5.74, 6) is 1.32. The Balaban J connectivity index is 1.64. The van der Waals surface area contributed by atoms with Crippen molar-refractivity contribution in [1.29, 1.82) is 0 Å². The maximum atomic E-state index is 11.5. The van der Waals surface area contributed by atoms with Crippen LogP contribution in [0.5, 0.6) is 17.2 Å². The van der Waals surface area contributed by atoms with Crippen molar-refractivity contribution in [2.45, 2.75) is 18.8 Å². The van der Waals surface area contributed by atoms with Gasteiger partial charge in [0.25, 0.3) is 0 Å². The predicted octanol–water partition coefficient (Wildman–Crippen LogP) is 4.64. The molecule has 0 aliphatic carbocycles. The number of esters is 1. The van der Waals surface area contributed by atoms with Crippen LogP contribution in [0.25, 0.3) is 0 Å². The minimum Gasteiger partial charge on any atom is -0.508 e. The SMILES string of the molecule is CCOC(=O)COc1ccc(C2c3ccc(O)cc3OCC2c2ccccc2)cc1. The second-order valence-corrected chi connectivity index (χ2v) is 7.19. The molecule has 1 N–H and O–H groups in total. The molecule has 154 valence electrons. The van der Waals surface area contributed by atoms with Crippen molar-refractivity contribution in [3.63, 3.8) is 0 Å². The van der Waals surface area contributed by atoms with E-state index in [4.69, 9.17) is 14.2 Å². The van der Waals surface area contributed by atoms with Gasteiger partial charge >= 0.3 is 5.97 Å². The van der Waals surface area contributed by atoms with Gasteiger partial charge in [0.2, 0.25) is 0 Å². The molecule has 2 unspecified atom stereocenters. The Morgan fingerprint density at radius 1 is 1.03 bits per heavy atom. The summed E-state index contributed by atoms with van der Waals surface area (Å²) in [6.45, 7) is 2.51. The monoisotopic (exact) mass is 404 g/mol. The van der Waals surface area contributed by atoms with Crippen LogP contribution < -0.4 is 9.47 Å². The summed E-state index contributed by atoms with van der Waals surface area (Å²) < 4.78 is 16.4. The van der Waals surface area contributed by atoms with E-state index >= 15 is 0 Å². The number of aromatic hydroxyl groups is 1. The quantitative estimate of drug-likeness (QED) is 0.606. The van der Waals surface area contributed by atoms with E-state index in [-0.39, 0.29) is 30.2 Å². The van der Waals surface area contributed by atoms with Crippen LogP contribution in [-0.4, -0.2) is 30.9 Å². The summed E-state index contributed by atoms with van der Waals surface area (Å²) in [6.07, 6.45) is 0. The van der Waals surface area contributed by atoms with E-state index in [0.717, 1.165) is 11.1 Å². The van der Waals surface area contributed by atoms with Gasteiger partial charge in [-0.3, -0.25) is 0 Å². The summed E-state index contributed by atoms with van der Waals surface area (Å²) in [6, 6.07) is 23.4. The number of ether oxygens (including phenoxy) is 3. The second kappa shape index (κ2) is 8.91. The maximum Gasteiger partial charge on any atom is 0.344 e. The molecule has 30 heavy (non-hydrogen) atoms. The predicted molar refractivity (Wildman–Crippen MR) is 113 cm³/mol. The van der Waals surface area contributed by atoms with Gasteiger partial charge in [0.05, 0.1) is 13.2 Å². The van der Waals surface area contributed by atoms with Crippen molar-refractivity contribution in [3.05, 3.63) is 89.5 Å². The second-order valence-electron chi connectivity index (χ2n) is 7.19. The van der Waals surface area contributed by atoms with E-state index in [1.54, 1.807) is 19.1 Å². The third-order valence-corrected chi connectivity index (χ3v) is 5.28. The molecule has 0 saturated carbocycles. The number of phenolic OH excluding ortho intramolecular Hbond substituents is 1. The molecular formula is C25H24O5. The van der Waals surface area contributed by atoms with E-state index in [1.807, 2.05) is 48.5 Å². The minimum absolute atomic E-state index is 0.0656. The highest BCUT2D eigenvalue weighted by atomic mass is 16.6. The smallest absolute Gasteiger partial charge is 0.344 e. The fourth-order valence-corrected chi connectivity index (χ4v) is 3.91. The number of carbonyl (C=O) groups is 1. The van der Waals surface area contributed by atoms with Gasteiger partial charge in [-0.25, -0.2) is 4.79 Å². The molecule has 3 aromatic rings. The fraction of sp³-hybridized carbons (Fsp3) is 0.240. The summed E-state index contributed by atoms with van der Waals surface area (Å²) in [7, 11) is 0. The van der Waals surface area contributed by atoms with Crippen LogP contribution >= 0.6 is 0 Å². The molecule has 0 radical (unpaired) electrons. The van der Waals surface area contributed by atoms with Gasteiger partial charge < -0.3 is 19.3 Å². The van der Waals surface area contributed by atoms with Crippen LogP contribution in [-0.2, 0) is 9.53 Å². The van der Waals surface area contributed by atoms with E-state index in [0.29, 0.717) is 24.7 Å². The van der Waals surface area contributed by atoms with Crippen molar-refractivity contribution in [1.82, 2.24) is 0 Å². The molecular weight excluding hydrogens is 380 g/mol. The van der Waals surface area contributed by atoms with Gasteiger partial charge in [0, 0.05) is 23.5 Å². The van der Waals surface area contributed by atoms with Crippen molar-refractivity contribution < 1.29 is 24.1 Å². The Labute approximate surface area is 175 Å². The molecule has 1 heterocycles. The molecule has 3 aromatic carbocycles. The van der Waals surface area contributed by atoms with Crippen LogP contribution in [0.2, 0.25) is 0 Å². The lowest BCUT2D eigenvalue weighted by molar-refractivity contribution is -0.145. The van der Waals surface area contributed by atoms with E-state index < -0.39 is 0 Å². The summed E-state index contributed by atoms with van der Waals surface area (Å²) >= 11 is 0. The highest BCUT2D eigenvalue weighted by molar-refractivity contribution is 5.71. The highest BCUT2D eigenvalue weighted by Crippen LogP contribution is 2.47. The van der Waals surface area contributed by atoms with Crippen LogP contribution in [0.3, 0.4) is 0 Å². The Morgan fingerprint density at radius 2 is 1.80 bits per heavy atom. The van der Waals surface area contributed by atoms with Gasteiger partial charge in [-0.1, -0.05) is 48.5 Å². The number of hydrogen-bond donors (Lipinski definition) is 1. The first-order valence-corrected chi connectivity index (χ1v) is 10.0. The normalized spacial score (nSPS) is 17.5. The largest absolute Gasteiger partial charge is 0.508 e. The van der Waals surface area contributed by atoms with Crippen LogP contribution in [0, 0.1) is 0 Å². The van der Waals surface area contributed by atoms with Crippen molar-refractivity contribution in [2.24, 2.45) is 0 Å². The lowest BCUT2D eigenvalue weighted by atomic mass is 9.76. The third-order valence-electron chi connectivity index (χ3n) is 5.28. The molecule has 1 aliphatic rings. The molecule has 0 fully saturated rings. The molecule has 2 atom stereocenters. The third kappa shape index (κ3) is 4.25. The minimum atomic E-state index is -0.385. The number of rotatable bonds is 6. The molecule has 5 nitrogen and oxygen atoms in total. The molecule has 5 heteroatoms. The van der Waals surface area contributed by atoms with E-state index in [1.165, 1.54) is 5.56 Å². The zero-order valence-corrected chi connectivity index (χ0v) is 16.8. The number of hydrogen-bond acceptors (Lipinski definition) is 5. The Kier molecular flexibility index (Phi) is 5.89. The van der Waals surface area contributed by atoms with Gasteiger partial charge in [-0.15, -0.1) is 0 Å². The molecule has 0 spiro atoms. The Hall–Kier alpha value is -3.47. The van der Waals surface area contributed by atoms with Gasteiger partial charge in [-0.2, -0.15) is 0 Å². The van der Waals surface area contributed by atoms with Crippen LogP contribution in [0.1, 0.15) is 35.4 Å². The number of fused-ring (bicyclic) bond motifs is 1. The molecule has 1 aliphatic heterocycles. The van der Waals surface area contributed by atoms with E-state index in [2.05, 4.69) is 12.1 Å². The molecule has 0 bridgehead atoms. The summed E-state index contributed by atoms with van der Waals surface area (Å²) in [4.78, 5) is 11.5. The average molecular weight is 404 g/mol. The Bertz CT molecular complexity index is 998. The topological polar surface area (TPSA) is 65.0 Å². The van der Waals surface area contributed by atoms with Crippen LogP contribution in [0.15, 0.2) is 72.8 Å². The number of benzene rings is 3. The maximum absolute atomic E-state index is 11.5. The summed E-state index contributed by atoms with van der Waals surface area (Å²) in [5.41, 5.74) is 3.35. The van der Waals surface area contributed by atoms with Gasteiger partial charge in [0.15, 0.2) is 6.61 Å². The van der Waals surface area contributed by atoms with Gasteiger partial charge in [-0.05, 0) is 36.2 Å². The molecule has 0 saturated heterocycles. The Morgan fingerprint density at radius 3 is 2.53 bits per heavy atom. The lowest BCUT2D eigenvalue weighted by Gasteiger charge is -2.34. The van der Waals surface area contributed by atoms with Crippen molar-refractivity contribution >= 4 is 5.97 Å². The zero-order chi connectivity index (χ0) is 20.9. The molecule has 0 amide bonds. The van der Waals surface area contributed by atoms with E-state index in [9.17, 15) is 9.90 Å². The summed E-state index contributed by atoms with van der Waals surface area (Å²) in [5, 5.41) is 9.87. The van der Waals surface area contributed by atoms with Gasteiger partial charge in [0.1, 0.15) is 17.2 Å². The first kappa shape index (κ1) is 19.8. The van der Waals surface area contributed by atoms with Crippen molar-refractivity contribution in [3.8, 4) is 17.2 Å². The average Bonchev–Trinajstić information content (AvgIpc) is 2.78. The highest BCUT2D eigenvalue weighted by Gasteiger charge is 2.33. The number of carbonyl (C=O) groups excluding carboxylic acids is 1. The standard InChI is InChI=1S/C25H24O5/c1-2-28-24(27)16-29-20-11-8-18(9-12-20)25-21-13-10-19(26)14-23(21)30-15-22(25)17-6-4-3-5-7-17/h3-14,22,25-26H,2,15-16H2,1H3. The molecule has 4 rings (SSSR count). The molecule has 0 aromatic heterocycles. The first-order valence-electron chi connectivity index (χ1n) is 10.0. The first-order chi connectivity index (χ1) is 14.7.